The van der Waals surface area contributed by atoms with Gasteiger partial charge in [-0.05, 0) is 37.3 Å². The third-order valence-corrected chi connectivity index (χ3v) is 5.89. The molecule has 1 N–H and O–H groups in total. The average Bonchev–Trinajstić information content (AvgIpc) is 3.33. The highest BCUT2D eigenvalue weighted by atomic mass is 32.1. The van der Waals surface area contributed by atoms with Gasteiger partial charge in [0.25, 0.3) is 11.6 Å². The lowest BCUT2D eigenvalue weighted by molar-refractivity contribution is -0.384. The molecule has 0 spiro atoms. The zero-order valence-corrected chi connectivity index (χ0v) is 17.3. The molecule has 4 aromatic rings. The van der Waals surface area contributed by atoms with E-state index in [1.807, 2.05) is 40.9 Å². The summed E-state index contributed by atoms with van der Waals surface area (Å²) in [4.78, 5) is 28.8. The van der Waals surface area contributed by atoms with Crippen molar-refractivity contribution in [1.82, 2.24) is 9.38 Å². The van der Waals surface area contributed by atoms with Gasteiger partial charge in [-0.2, -0.15) is 5.26 Å². The second kappa shape index (κ2) is 7.89. The lowest BCUT2D eigenvalue weighted by Crippen LogP contribution is -2.13. The van der Waals surface area contributed by atoms with Crippen LogP contribution in [-0.4, -0.2) is 27.3 Å². The number of fused-ring (bicyclic) bond motifs is 1. The molecule has 1 amide bonds. The summed E-state index contributed by atoms with van der Waals surface area (Å²) < 4.78 is 7.01. The van der Waals surface area contributed by atoms with Crippen LogP contribution in [0.4, 0.5) is 11.4 Å². The SMILES string of the molecule is COc1ccc(-c2cn3c(C)c(C(=O)Nc4ccc([N+](=O)[O-])cc4C#N)sc3n2)cc1. The summed E-state index contributed by atoms with van der Waals surface area (Å²) in [7, 11) is 1.60. The largest absolute Gasteiger partial charge is 0.497 e. The van der Waals surface area contributed by atoms with Gasteiger partial charge in [0.2, 0.25) is 0 Å². The first-order valence-electron chi connectivity index (χ1n) is 9.04. The van der Waals surface area contributed by atoms with E-state index in [2.05, 4.69) is 10.3 Å². The summed E-state index contributed by atoms with van der Waals surface area (Å²) in [5.41, 5.74) is 2.40. The summed E-state index contributed by atoms with van der Waals surface area (Å²) in [5.74, 6) is 0.340. The van der Waals surface area contributed by atoms with E-state index in [0.717, 1.165) is 23.1 Å². The maximum Gasteiger partial charge on any atom is 0.270 e. The number of nitro groups is 1. The Kier molecular flexibility index (Phi) is 5.10. The number of hydrogen-bond donors (Lipinski definition) is 1. The third-order valence-electron chi connectivity index (χ3n) is 4.73. The van der Waals surface area contributed by atoms with Crippen LogP contribution in [0.3, 0.4) is 0 Å². The maximum absolute atomic E-state index is 12.8. The Morgan fingerprint density at radius 3 is 2.65 bits per heavy atom. The summed E-state index contributed by atoms with van der Waals surface area (Å²) >= 11 is 1.22. The number of aryl methyl sites for hydroxylation is 1. The molecule has 2 aromatic carbocycles. The fourth-order valence-electron chi connectivity index (χ4n) is 3.09. The number of carbonyl (C=O) groups is 1. The van der Waals surface area contributed by atoms with Crippen molar-refractivity contribution in [2.24, 2.45) is 0 Å². The Hall–Kier alpha value is -4.23. The zero-order valence-electron chi connectivity index (χ0n) is 16.4. The number of thiazole rings is 1. The molecule has 4 rings (SSSR count). The molecule has 154 valence electrons. The predicted molar refractivity (Wildman–Crippen MR) is 116 cm³/mol. The van der Waals surface area contributed by atoms with E-state index < -0.39 is 10.8 Å². The number of benzene rings is 2. The molecule has 0 saturated carbocycles. The van der Waals surface area contributed by atoms with Gasteiger partial charge in [0, 0.05) is 29.6 Å². The number of ether oxygens (including phenoxy) is 1. The highest BCUT2D eigenvalue weighted by Gasteiger charge is 2.20. The number of amides is 1. The van der Waals surface area contributed by atoms with Crippen molar-refractivity contribution in [3.8, 4) is 23.1 Å². The molecule has 2 heterocycles. The number of non-ortho nitro benzene ring substituents is 1. The zero-order chi connectivity index (χ0) is 22.1. The summed E-state index contributed by atoms with van der Waals surface area (Å²) in [6, 6.07) is 13.1. The Labute approximate surface area is 180 Å². The predicted octanol–water partition coefficient (Wildman–Crippen LogP) is 4.41. The first kappa shape index (κ1) is 20.1. The van der Waals surface area contributed by atoms with Crippen molar-refractivity contribution in [1.29, 1.82) is 5.26 Å². The van der Waals surface area contributed by atoms with Crippen LogP contribution in [0.15, 0.2) is 48.7 Å². The number of carbonyl (C=O) groups excluding carboxylic acids is 1. The van der Waals surface area contributed by atoms with E-state index >= 15 is 0 Å². The van der Waals surface area contributed by atoms with E-state index in [1.54, 1.807) is 14.0 Å². The van der Waals surface area contributed by atoms with E-state index in [9.17, 15) is 20.2 Å². The van der Waals surface area contributed by atoms with Crippen LogP contribution in [0, 0.1) is 28.4 Å². The standard InChI is InChI=1S/C21H15N5O4S/c1-12-19(20(27)23-17-8-5-15(26(28)29)9-14(17)10-22)31-21-24-18(11-25(12)21)13-3-6-16(30-2)7-4-13/h3-9,11H,1-2H3,(H,23,27). The number of rotatable bonds is 5. The van der Waals surface area contributed by atoms with Gasteiger partial charge >= 0.3 is 0 Å². The molecule has 31 heavy (non-hydrogen) atoms. The molecule has 0 fully saturated rings. The summed E-state index contributed by atoms with van der Waals surface area (Å²) in [6.45, 7) is 1.80. The van der Waals surface area contributed by atoms with Crippen LogP contribution < -0.4 is 10.1 Å². The summed E-state index contributed by atoms with van der Waals surface area (Å²) in [6.07, 6.45) is 1.85. The van der Waals surface area contributed by atoms with Crippen LogP contribution in [-0.2, 0) is 0 Å². The molecule has 0 saturated heterocycles. The third kappa shape index (κ3) is 3.70. The molecule has 0 radical (unpaired) electrons. The molecule has 0 aliphatic carbocycles. The van der Waals surface area contributed by atoms with Gasteiger partial charge < -0.3 is 10.1 Å². The molecule has 0 aliphatic heterocycles. The van der Waals surface area contributed by atoms with Gasteiger partial charge in [-0.25, -0.2) is 4.98 Å². The molecular weight excluding hydrogens is 418 g/mol. The lowest BCUT2D eigenvalue weighted by atomic mass is 10.1. The minimum Gasteiger partial charge on any atom is -0.497 e. The molecule has 0 atom stereocenters. The van der Waals surface area contributed by atoms with Crippen LogP contribution >= 0.6 is 11.3 Å². The molecule has 0 aliphatic rings. The Bertz CT molecular complexity index is 1370. The number of imidazole rings is 1. The van der Waals surface area contributed by atoms with Gasteiger partial charge in [0.15, 0.2) is 4.96 Å². The van der Waals surface area contributed by atoms with Crippen molar-refractivity contribution >= 4 is 33.6 Å². The van der Waals surface area contributed by atoms with Gasteiger partial charge in [-0.1, -0.05) is 11.3 Å². The minimum absolute atomic E-state index is 0.0170. The van der Waals surface area contributed by atoms with Gasteiger partial charge in [-0.15, -0.1) is 0 Å². The number of nitro benzene ring substituents is 1. The quantitative estimate of drug-likeness (QED) is 0.367. The molecule has 10 heteroatoms. The van der Waals surface area contributed by atoms with Crippen LogP contribution in [0.1, 0.15) is 20.9 Å². The average molecular weight is 433 g/mol. The molecule has 2 aromatic heterocycles. The van der Waals surface area contributed by atoms with E-state index in [0.29, 0.717) is 15.5 Å². The fraction of sp³-hybridized carbons (Fsp3) is 0.0952. The smallest absolute Gasteiger partial charge is 0.270 e. The lowest BCUT2D eigenvalue weighted by Gasteiger charge is -2.06. The second-order valence-corrected chi connectivity index (χ2v) is 7.55. The molecular formula is C21H15N5O4S. The first-order valence-corrected chi connectivity index (χ1v) is 9.85. The monoisotopic (exact) mass is 433 g/mol. The van der Waals surface area contributed by atoms with Crippen molar-refractivity contribution in [2.75, 3.05) is 12.4 Å². The molecule has 0 unspecified atom stereocenters. The second-order valence-electron chi connectivity index (χ2n) is 6.58. The number of aromatic nitrogens is 2. The van der Waals surface area contributed by atoms with E-state index in [-0.39, 0.29) is 16.9 Å². The van der Waals surface area contributed by atoms with Gasteiger partial charge in [-0.3, -0.25) is 19.3 Å². The van der Waals surface area contributed by atoms with E-state index in [1.165, 1.54) is 23.5 Å². The summed E-state index contributed by atoms with van der Waals surface area (Å²) in [5, 5.41) is 22.8. The van der Waals surface area contributed by atoms with Crippen LogP contribution in [0.5, 0.6) is 5.75 Å². The normalized spacial score (nSPS) is 10.6. The number of nitrogens with one attached hydrogen (secondary N) is 1. The topological polar surface area (TPSA) is 123 Å². The highest BCUT2D eigenvalue weighted by molar-refractivity contribution is 7.19. The van der Waals surface area contributed by atoms with Crippen molar-refractivity contribution in [2.45, 2.75) is 6.92 Å². The number of anilines is 1. The first-order chi connectivity index (χ1) is 14.9. The van der Waals surface area contributed by atoms with Gasteiger partial charge in [0.05, 0.1) is 29.0 Å². The van der Waals surface area contributed by atoms with Crippen molar-refractivity contribution in [3.05, 3.63) is 74.9 Å². The maximum atomic E-state index is 12.8. The Morgan fingerprint density at radius 2 is 2.03 bits per heavy atom. The van der Waals surface area contributed by atoms with Crippen LogP contribution in [0.2, 0.25) is 0 Å². The highest BCUT2D eigenvalue weighted by Crippen LogP contribution is 2.29. The number of nitriles is 1. The fourth-order valence-corrected chi connectivity index (χ4v) is 4.09. The van der Waals surface area contributed by atoms with Crippen molar-refractivity contribution < 1.29 is 14.5 Å². The van der Waals surface area contributed by atoms with E-state index in [4.69, 9.17) is 4.74 Å². The Morgan fingerprint density at radius 1 is 1.29 bits per heavy atom. The number of nitrogens with zero attached hydrogens (tertiary/aromatic N) is 4. The number of methoxy groups -OCH3 is 1. The van der Waals surface area contributed by atoms with Crippen molar-refractivity contribution in [3.63, 3.8) is 0 Å². The van der Waals surface area contributed by atoms with Gasteiger partial charge in [0.1, 0.15) is 16.7 Å². The minimum atomic E-state index is -0.592. The van der Waals surface area contributed by atoms with Crippen LogP contribution in [0.25, 0.3) is 16.2 Å². The number of hydrogen-bond acceptors (Lipinski definition) is 7. The Balaban J connectivity index is 1.62. The molecule has 0 bridgehead atoms. The molecule has 9 nitrogen and oxygen atoms in total.